The number of anilines is 1. The Labute approximate surface area is 143 Å². The van der Waals surface area contributed by atoms with Crippen molar-refractivity contribution in [1.29, 1.82) is 0 Å². The van der Waals surface area contributed by atoms with E-state index in [1.807, 2.05) is 30.0 Å². The van der Waals surface area contributed by atoms with Crippen molar-refractivity contribution in [2.45, 2.75) is 32.7 Å². The third-order valence-electron chi connectivity index (χ3n) is 4.54. The molecule has 1 unspecified atom stereocenters. The second kappa shape index (κ2) is 6.95. The van der Waals surface area contributed by atoms with Crippen LogP contribution in [0.2, 0.25) is 0 Å². The summed E-state index contributed by atoms with van der Waals surface area (Å²) in [5, 5.41) is 3.02. The Morgan fingerprint density at radius 1 is 1.17 bits per heavy atom. The summed E-state index contributed by atoms with van der Waals surface area (Å²) in [5.74, 6) is 0.681. The molecule has 1 aliphatic rings. The summed E-state index contributed by atoms with van der Waals surface area (Å²) in [4.78, 5) is 14.7. The number of benzene rings is 2. The number of carbonyl (C=O) groups excluding carboxylic acids is 1. The summed E-state index contributed by atoms with van der Waals surface area (Å²) < 4.78 is 5.36. The average molecular weight is 324 g/mol. The molecule has 1 atom stereocenters. The van der Waals surface area contributed by atoms with Crippen LogP contribution >= 0.6 is 0 Å². The number of amides is 2. The van der Waals surface area contributed by atoms with Gasteiger partial charge in [-0.25, -0.2) is 4.79 Å². The van der Waals surface area contributed by atoms with E-state index in [0.717, 1.165) is 30.6 Å². The van der Waals surface area contributed by atoms with Gasteiger partial charge in [0.1, 0.15) is 5.75 Å². The highest BCUT2D eigenvalue weighted by Crippen LogP contribution is 2.33. The standard InChI is InChI=1S/C20H24N2O2/c1-14-6-4-7-16(12-14)18-8-5-11-22(18)20(23)21-17-13-15(2)9-10-19(17)24-3/h4,6-7,9-10,12-13,18H,5,8,11H2,1-3H3,(H,21,23). The first-order valence-corrected chi connectivity index (χ1v) is 8.37. The number of nitrogens with one attached hydrogen (secondary N) is 1. The van der Waals surface area contributed by atoms with E-state index in [-0.39, 0.29) is 12.1 Å². The summed E-state index contributed by atoms with van der Waals surface area (Å²) in [5.41, 5.74) is 4.24. The third-order valence-corrected chi connectivity index (χ3v) is 4.54. The summed E-state index contributed by atoms with van der Waals surface area (Å²) in [6, 6.07) is 14.3. The molecule has 2 aromatic carbocycles. The summed E-state index contributed by atoms with van der Waals surface area (Å²) in [6.45, 7) is 4.86. The molecular formula is C20H24N2O2. The first-order valence-electron chi connectivity index (χ1n) is 8.37. The number of hydrogen-bond donors (Lipinski definition) is 1. The van der Waals surface area contributed by atoms with E-state index >= 15 is 0 Å². The fourth-order valence-corrected chi connectivity index (χ4v) is 3.34. The van der Waals surface area contributed by atoms with Crippen LogP contribution in [-0.4, -0.2) is 24.6 Å². The number of rotatable bonds is 3. The molecule has 4 heteroatoms. The Morgan fingerprint density at radius 2 is 1.96 bits per heavy atom. The molecule has 0 spiro atoms. The van der Waals surface area contributed by atoms with Gasteiger partial charge in [-0.05, 0) is 49.9 Å². The molecule has 2 aromatic rings. The SMILES string of the molecule is COc1ccc(C)cc1NC(=O)N1CCCC1c1cccc(C)c1. The van der Waals surface area contributed by atoms with E-state index in [2.05, 4.69) is 36.5 Å². The third kappa shape index (κ3) is 3.37. The first kappa shape index (κ1) is 16.4. The van der Waals surface area contributed by atoms with E-state index < -0.39 is 0 Å². The predicted octanol–water partition coefficient (Wildman–Crippen LogP) is 4.68. The van der Waals surface area contributed by atoms with Gasteiger partial charge in [-0.3, -0.25) is 0 Å². The van der Waals surface area contributed by atoms with E-state index in [4.69, 9.17) is 4.74 Å². The Balaban J connectivity index is 1.80. The summed E-state index contributed by atoms with van der Waals surface area (Å²) >= 11 is 0. The average Bonchev–Trinajstić information content (AvgIpc) is 3.05. The van der Waals surface area contributed by atoms with Gasteiger partial charge in [0, 0.05) is 6.54 Å². The molecule has 2 amide bonds. The fraction of sp³-hybridized carbons (Fsp3) is 0.350. The zero-order valence-corrected chi connectivity index (χ0v) is 14.5. The second-order valence-electron chi connectivity index (χ2n) is 6.40. The lowest BCUT2D eigenvalue weighted by Gasteiger charge is -2.26. The van der Waals surface area contributed by atoms with Crippen LogP contribution in [0, 0.1) is 13.8 Å². The highest BCUT2D eigenvalue weighted by Gasteiger charge is 2.30. The van der Waals surface area contributed by atoms with Gasteiger partial charge in [-0.2, -0.15) is 0 Å². The molecule has 1 aliphatic heterocycles. The number of nitrogens with zero attached hydrogens (tertiary/aromatic N) is 1. The number of likely N-dealkylation sites (tertiary alicyclic amines) is 1. The zero-order valence-electron chi connectivity index (χ0n) is 14.5. The van der Waals surface area contributed by atoms with Crippen molar-refractivity contribution in [2.24, 2.45) is 0 Å². The topological polar surface area (TPSA) is 41.6 Å². The quantitative estimate of drug-likeness (QED) is 0.890. The molecule has 1 N–H and O–H groups in total. The lowest BCUT2D eigenvalue weighted by molar-refractivity contribution is 0.207. The van der Waals surface area contributed by atoms with Crippen molar-refractivity contribution in [3.05, 3.63) is 59.2 Å². The minimum atomic E-state index is -0.0668. The lowest BCUT2D eigenvalue weighted by Crippen LogP contribution is -2.34. The minimum absolute atomic E-state index is 0.0668. The van der Waals surface area contributed by atoms with Gasteiger partial charge in [0.2, 0.25) is 0 Å². The largest absolute Gasteiger partial charge is 0.495 e. The number of carbonyl (C=O) groups is 1. The van der Waals surface area contributed by atoms with Gasteiger partial charge in [0.15, 0.2) is 0 Å². The molecular weight excluding hydrogens is 300 g/mol. The molecule has 0 aliphatic carbocycles. The highest BCUT2D eigenvalue weighted by atomic mass is 16.5. The van der Waals surface area contributed by atoms with E-state index in [0.29, 0.717) is 5.75 Å². The molecule has 0 aromatic heterocycles. The van der Waals surface area contributed by atoms with Gasteiger partial charge in [-0.1, -0.05) is 35.9 Å². The smallest absolute Gasteiger partial charge is 0.322 e. The van der Waals surface area contributed by atoms with Crippen molar-refractivity contribution in [1.82, 2.24) is 4.90 Å². The second-order valence-corrected chi connectivity index (χ2v) is 6.40. The van der Waals surface area contributed by atoms with Crippen LogP contribution < -0.4 is 10.1 Å². The molecule has 3 rings (SSSR count). The van der Waals surface area contributed by atoms with Crippen LogP contribution in [0.15, 0.2) is 42.5 Å². The number of methoxy groups -OCH3 is 1. The van der Waals surface area contributed by atoms with Crippen LogP contribution in [-0.2, 0) is 0 Å². The normalized spacial score (nSPS) is 17.0. The van der Waals surface area contributed by atoms with Crippen molar-refractivity contribution in [2.75, 3.05) is 19.0 Å². The lowest BCUT2D eigenvalue weighted by atomic mass is 10.0. The molecule has 126 valence electrons. The summed E-state index contributed by atoms with van der Waals surface area (Å²) in [7, 11) is 1.62. The molecule has 0 radical (unpaired) electrons. The van der Waals surface area contributed by atoms with Crippen molar-refractivity contribution < 1.29 is 9.53 Å². The van der Waals surface area contributed by atoms with Gasteiger partial charge < -0.3 is 15.0 Å². The zero-order chi connectivity index (χ0) is 17.1. The van der Waals surface area contributed by atoms with Crippen LogP contribution in [0.1, 0.15) is 35.6 Å². The summed E-state index contributed by atoms with van der Waals surface area (Å²) in [6.07, 6.45) is 2.03. The Bertz CT molecular complexity index is 742. The maximum Gasteiger partial charge on any atom is 0.322 e. The van der Waals surface area contributed by atoms with Gasteiger partial charge in [-0.15, -0.1) is 0 Å². The van der Waals surface area contributed by atoms with E-state index in [1.54, 1.807) is 7.11 Å². The molecule has 24 heavy (non-hydrogen) atoms. The monoisotopic (exact) mass is 324 g/mol. The Kier molecular flexibility index (Phi) is 4.74. The predicted molar refractivity (Wildman–Crippen MR) is 96.6 cm³/mol. The first-order chi connectivity index (χ1) is 11.6. The van der Waals surface area contributed by atoms with Crippen molar-refractivity contribution >= 4 is 11.7 Å². The molecule has 1 saturated heterocycles. The highest BCUT2D eigenvalue weighted by molar-refractivity contribution is 5.91. The van der Waals surface area contributed by atoms with Crippen molar-refractivity contribution in [3.63, 3.8) is 0 Å². The molecule has 1 fully saturated rings. The van der Waals surface area contributed by atoms with Crippen LogP contribution in [0.25, 0.3) is 0 Å². The molecule has 4 nitrogen and oxygen atoms in total. The van der Waals surface area contributed by atoms with E-state index in [9.17, 15) is 4.79 Å². The maximum absolute atomic E-state index is 12.8. The van der Waals surface area contributed by atoms with E-state index in [1.165, 1.54) is 11.1 Å². The Morgan fingerprint density at radius 3 is 2.71 bits per heavy atom. The molecule has 1 heterocycles. The number of hydrogen-bond acceptors (Lipinski definition) is 2. The maximum atomic E-state index is 12.8. The fourth-order valence-electron chi connectivity index (χ4n) is 3.34. The Hall–Kier alpha value is -2.49. The molecule has 0 bridgehead atoms. The van der Waals surface area contributed by atoms with Gasteiger partial charge >= 0.3 is 6.03 Å². The molecule has 0 saturated carbocycles. The van der Waals surface area contributed by atoms with Crippen LogP contribution in [0.3, 0.4) is 0 Å². The number of ether oxygens (including phenoxy) is 1. The van der Waals surface area contributed by atoms with Crippen LogP contribution in [0.4, 0.5) is 10.5 Å². The van der Waals surface area contributed by atoms with Gasteiger partial charge in [0.05, 0.1) is 18.8 Å². The van der Waals surface area contributed by atoms with Gasteiger partial charge in [0.25, 0.3) is 0 Å². The van der Waals surface area contributed by atoms with Crippen molar-refractivity contribution in [3.8, 4) is 5.75 Å². The number of aryl methyl sites for hydroxylation is 2. The van der Waals surface area contributed by atoms with Crippen LogP contribution in [0.5, 0.6) is 5.75 Å². The minimum Gasteiger partial charge on any atom is -0.495 e. The number of urea groups is 1.